The predicted molar refractivity (Wildman–Crippen MR) is 120 cm³/mol. The van der Waals surface area contributed by atoms with Crippen molar-refractivity contribution in [3.05, 3.63) is 53.6 Å². The number of ether oxygens (including phenoxy) is 2. The monoisotopic (exact) mass is 461 g/mol. The Labute approximate surface area is 188 Å². The summed E-state index contributed by atoms with van der Waals surface area (Å²) in [5.74, 6) is 0.917. The van der Waals surface area contributed by atoms with Crippen molar-refractivity contribution >= 4 is 15.9 Å². The second-order valence-electron chi connectivity index (χ2n) is 8.66. The number of piperidine rings is 1. The van der Waals surface area contributed by atoms with Gasteiger partial charge in [0.2, 0.25) is 0 Å². The molecule has 0 atom stereocenters. The van der Waals surface area contributed by atoms with Crippen LogP contribution < -0.4 is 4.74 Å². The molecule has 2 aliphatic heterocycles. The van der Waals surface area contributed by atoms with Crippen molar-refractivity contribution in [2.24, 2.45) is 0 Å². The second-order valence-corrected chi connectivity index (χ2v) is 10.8. The topological polar surface area (TPSA) is 72.9 Å². The first-order valence-electron chi connectivity index (χ1n) is 10.8. The lowest BCUT2D eigenvalue weighted by Gasteiger charge is -2.44. The summed E-state index contributed by atoms with van der Waals surface area (Å²) in [5, 5.41) is 0. The number of nitrogens with zero attached hydrogens (tertiary/aromatic N) is 1. The molecule has 0 bridgehead atoms. The predicted octanol–water partition coefficient (Wildman–Crippen LogP) is 4.16. The molecule has 2 aliphatic rings. The van der Waals surface area contributed by atoms with Crippen molar-refractivity contribution in [2.75, 3.05) is 32.6 Å². The Kier molecular flexibility index (Phi) is 6.42. The number of carbonyl (C=O) groups excluding carboxylic acids is 1. The van der Waals surface area contributed by atoms with Crippen LogP contribution in [0.1, 0.15) is 30.4 Å². The van der Waals surface area contributed by atoms with Gasteiger partial charge in [-0.3, -0.25) is 0 Å². The van der Waals surface area contributed by atoms with Crippen molar-refractivity contribution in [3.63, 3.8) is 0 Å². The largest absolute Gasteiger partial charge is 0.487 e. The zero-order valence-electron chi connectivity index (χ0n) is 18.2. The quantitative estimate of drug-likeness (QED) is 0.669. The van der Waals surface area contributed by atoms with Gasteiger partial charge in [-0.15, -0.1) is 0 Å². The van der Waals surface area contributed by atoms with Crippen LogP contribution in [0.2, 0.25) is 0 Å². The lowest BCUT2D eigenvalue weighted by atomic mass is 9.82. The fourth-order valence-electron chi connectivity index (χ4n) is 4.46. The normalized spacial score (nSPS) is 17.5. The van der Waals surface area contributed by atoms with Crippen molar-refractivity contribution in [1.29, 1.82) is 0 Å². The summed E-state index contributed by atoms with van der Waals surface area (Å²) < 4.78 is 46.5. The number of amides is 1. The molecular weight excluding hydrogens is 433 g/mol. The van der Waals surface area contributed by atoms with Gasteiger partial charge in [0.25, 0.3) is 0 Å². The second kappa shape index (κ2) is 9.10. The molecule has 8 heteroatoms. The molecule has 0 radical (unpaired) electrons. The molecule has 1 amide bonds. The summed E-state index contributed by atoms with van der Waals surface area (Å²) >= 11 is 0. The standard InChI is InChI=1S/C24H28FNO5S/c1-32(28,29)17-18-2-4-19(5-3-18)20-6-7-22-21(16-20)8-9-24(31-22)10-13-26(14-11-24)23(27)30-15-12-25/h2-7,16H,8-15,17H2,1H3. The van der Waals surface area contributed by atoms with Gasteiger partial charge >= 0.3 is 6.09 Å². The Morgan fingerprint density at radius 2 is 1.78 bits per heavy atom. The first-order chi connectivity index (χ1) is 15.3. The van der Waals surface area contributed by atoms with Gasteiger partial charge in [0.05, 0.1) is 5.75 Å². The Morgan fingerprint density at radius 1 is 1.09 bits per heavy atom. The van der Waals surface area contributed by atoms with E-state index in [2.05, 4.69) is 6.07 Å². The van der Waals surface area contributed by atoms with Crippen LogP contribution in [-0.2, 0) is 26.7 Å². The Bertz CT molecular complexity index is 1080. The van der Waals surface area contributed by atoms with E-state index in [9.17, 15) is 17.6 Å². The summed E-state index contributed by atoms with van der Waals surface area (Å²) in [7, 11) is -3.05. The zero-order chi connectivity index (χ0) is 22.8. The molecular formula is C24H28FNO5S. The van der Waals surface area contributed by atoms with Gasteiger partial charge in [-0.25, -0.2) is 17.6 Å². The smallest absolute Gasteiger partial charge is 0.409 e. The number of alkyl halides is 1. The molecule has 1 saturated heterocycles. The van der Waals surface area contributed by atoms with Crippen LogP contribution in [0.5, 0.6) is 5.75 Å². The average molecular weight is 462 g/mol. The van der Waals surface area contributed by atoms with Gasteiger partial charge < -0.3 is 14.4 Å². The third-order valence-electron chi connectivity index (χ3n) is 6.19. The number of halogens is 1. The SMILES string of the molecule is CS(=O)(=O)Cc1ccc(-c2ccc3c(c2)CCC2(CCN(C(=O)OCCF)CC2)O3)cc1. The van der Waals surface area contributed by atoms with Crippen LogP contribution in [0.3, 0.4) is 0 Å². The number of sulfone groups is 1. The number of hydrogen-bond donors (Lipinski definition) is 0. The molecule has 4 rings (SSSR count). The van der Waals surface area contributed by atoms with E-state index in [1.165, 1.54) is 6.26 Å². The Balaban J connectivity index is 1.41. The van der Waals surface area contributed by atoms with Gasteiger partial charge in [0.1, 0.15) is 24.6 Å². The lowest BCUT2D eigenvalue weighted by Crippen LogP contribution is -2.51. The molecule has 0 aromatic heterocycles. The molecule has 2 heterocycles. The number of benzene rings is 2. The van der Waals surface area contributed by atoms with Crippen molar-refractivity contribution in [3.8, 4) is 16.9 Å². The first kappa shape index (κ1) is 22.6. The highest BCUT2D eigenvalue weighted by molar-refractivity contribution is 7.89. The number of carbonyl (C=O) groups is 1. The molecule has 2 aromatic rings. The maximum Gasteiger partial charge on any atom is 0.409 e. The van der Waals surface area contributed by atoms with E-state index in [4.69, 9.17) is 9.47 Å². The van der Waals surface area contributed by atoms with Crippen LogP contribution in [0, 0.1) is 0 Å². The molecule has 6 nitrogen and oxygen atoms in total. The van der Waals surface area contributed by atoms with E-state index in [1.54, 1.807) is 4.90 Å². The van der Waals surface area contributed by atoms with Crippen LogP contribution >= 0.6 is 0 Å². The van der Waals surface area contributed by atoms with E-state index in [0.29, 0.717) is 13.1 Å². The fourth-order valence-corrected chi connectivity index (χ4v) is 5.26. The molecule has 0 saturated carbocycles. The lowest BCUT2D eigenvalue weighted by molar-refractivity contribution is -0.0147. The number of fused-ring (bicyclic) bond motifs is 1. The highest BCUT2D eigenvalue weighted by Gasteiger charge is 2.40. The first-order valence-corrected chi connectivity index (χ1v) is 12.9. The van der Waals surface area contributed by atoms with Crippen molar-refractivity contribution in [1.82, 2.24) is 4.90 Å². The Morgan fingerprint density at radius 3 is 2.44 bits per heavy atom. The fraction of sp³-hybridized carbons (Fsp3) is 0.458. The molecule has 0 unspecified atom stereocenters. The minimum absolute atomic E-state index is 0.0401. The van der Waals surface area contributed by atoms with Gasteiger partial charge in [0.15, 0.2) is 9.84 Å². The van der Waals surface area contributed by atoms with Crippen LogP contribution in [0.15, 0.2) is 42.5 Å². The van der Waals surface area contributed by atoms with Gasteiger partial charge in [-0.2, -0.15) is 0 Å². The molecule has 32 heavy (non-hydrogen) atoms. The van der Waals surface area contributed by atoms with E-state index < -0.39 is 22.6 Å². The highest BCUT2D eigenvalue weighted by atomic mass is 32.2. The molecule has 1 spiro atoms. The molecule has 0 aliphatic carbocycles. The van der Waals surface area contributed by atoms with Crippen LogP contribution in [-0.4, -0.2) is 57.6 Å². The van der Waals surface area contributed by atoms with E-state index in [1.807, 2.05) is 36.4 Å². The zero-order valence-corrected chi connectivity index (χ0v) is 19.0. The third kappa shape index (κ3) is 5.23. The van der Waals surface area contributed by atoms with Crippen molar-refractivity contribution < 1.29 is 27.1 Å². The van der Waals surface area contributed by atoms with E-state index >= 15 is 0 Å². The maximum absolute atomic E-state index is 12.2. The minimum atomic E-state index is -3.05. The third-order valence-corrected chi connectivity index (χ3v) is 7.05. The van der Waals surface area contributed by atoms with Gasteiger partial charge in [-0.1, -0.05) is 30.3 Å². The Hall–Kier alpha value is -2.61. The number of likely N-dealkylation sites (tertiary alicyclic amines) is 1. The number of rotatable bonds is 5. The highest BCUT2D eigenvalue weighted by Crippen LogP contribution is 2.40. The van der Waals surface area contributed by atoms with Gasteiger partial charge in [0, 0.05) is 32.2 Å². The molecule has 1 fully saturated rings. The summed E-state index contributed by atoms with van der Waals surface area (Å²) in [6.07, 6.45) is 3.99. The summed E-state index contributed by atoms with van der Waals surface area (Å²) in [5.41, 5.74) is 3.75. The van der Waals surface area contributed by atoms with Crippen LogP contribution in [0.25, 0.3) is 11.1 Å². The number of hydrogen-bond acceptors (Lipinski definition) is 5. The molecule has 0 N–H and O–H groups in total. The molecule has 172 valence electrons. The minimum Gasteiger partial charge on any atom is -0.487 e. The van der Waals surface area contributed by atoms with E-state index in [0.717, 1.165) is 53.7 Å². The van der Waals surface area contributed by atoms with Crippen molar-refractivity contribution in [2.45, 2.75) is 37.0 Å². The molecule has 2 aromatic carbocycles. The summed E-state index contributed by atoms with van der Waals surface area (Å²) in [6, 6.07) is 13.8. The average Bonchev–Trinajstić information content (AvgIpc) is 2.77. The maximum atomic E-state index is 12.2. The summed E-state index contributed by atoms with van der Waals surface area (Å²) in [4.78, 5) is 13.6. The van der Waals surface area contributed by atoms with Gasteiger partial charge in [-0.05, 0) is 47.2 Å². The van der Waals surface area contributed by atoms with E-state index in [-0.39, 0.29) is 18.0 Å². The number of aryl methyl sites for hydroxylation is 1. The van der Waals surface area contributed by atoms with Crippen LogP contribution in [0.4, 0.5) is 9.18 Å². The summed E-state index contributed by atoms with van der Waals surface area (Å²) in [6.45, 7) is 0.208.